The molecule has 1 aromatic rings. The van der Waals surface area contributed by atoms with Crippen molar-refractivity contribution in [3.8, 4) is 11.5 Å². The number of phenolic OH excluding ortho intramolecular Hbond substituents is 2. The highest BCUT2D eigenvalue weighted by Crippen LogP contribution is 2.28. The number of phenols is 2. The van der Waals surface area contributed by atoms with Crippen LogP contribution in [0.5, 0.6) is 11.5 Å². The largest absolute Gasteiger partial charge is 0.508 e. The summed E-state index contributed by atoms with van der Waals surface area (Å²) in [6, 6.07) is 4.07. The summed E-state index contributed by atoms with van der Waals surface area (Å²) in [4.78, 5) is 14.1. The lowest BCUT2D eigenvalue weighted by Gasteiger charge is -2.25. The van der Waals surface area contributed by atoms with E-state index >= 15 is 0 Å². The van der Waals surface area contributed by atoms with Crippen LogP contribution in [0.2, 0.25) is 0 Å². The molecule has 0 saturated carbocycles. The maximum absolute atomic E-state index is 12.4. The van der Waals surface area contributed by atoms with E-state index < -0.39 is 0 Å². The van der Waals surface area contributed by atoms with E-state index in [1.54, 1.807) is 4.90 Å². The third kappa shape index (κ3) is 2.98. The van der Waals surface area contributed by atoms with Gasteiger partial charge >= 0.3 is 0 Å². The molecule has 2 rings (SSSR count). The van der Waals surface area contributed by atoms with Crippen molar-refractivity contribution in [1.29, 1.82) is 0 Å². The first-order chi connectivity index (χ1) is 9.13. The highest BCUT2D eigenvalue weighted by atomic mass is 16.3. The average Bonchev–Trinajstić information content (AvgIpc) is 2.86. The maximum atomic E-state index is 12.4. The quantitative estimate of drug-likeness (QED) is 0.720. The second-order valence-corrected chi connectivity index (χ2v) is 4.86. The standard InChI is InChI=1S/C14H19NO4/c16-8-2-4-10-3-1-7-15(10)14(19)12-9-11(17)5-6-13(12)18/h5-6,9-10,16-18H,1-4,7-8H2. The minimum atomic E-state index is -0.256. The fraction of sp³-hybridized carbons (Fsp3) is 0.500. The van der Waals surface area contributed by atoms with Crippen LogP contribution < -0.4 is 0 Å². The number of hydrogen-bond acceptors (Lipinski definition) is 4. The van der Waals surface area contributed by atoms with Gasteiger partial charge in [-0.05, 0) is 43.9 Å². The smallest absolute Gasteiger partial charge is 0.257 e. The van der Waals surface area contributed by atoms with Crippen LogP contribution >= 0.6 is 0 Å². The van der Waals surface area contributed by atoms with Gasteiger partial charge in [0.1, 0.15) is 11.5 Å². The average molecular weight is 265 g/mol. The first-order valence-corrected chi connectivity index (χ1v) is 6.57. The van der Waals surface area contributed by atoms with Crippen LogP contribution in [0.4, 0.5) is 0 Å². The van der Waals surface area contributed by atoms with Gasteiger partial charge in [-0.3, -0.25) is 4.79 Å². The third-order valence-corrected chi connectivity index (χ3v) is 3.54. The molecule has 3 N–H and O–H groups in total. The van der Waals surface area contributed by atoms with E-state index in [2.05, 4.69) is 0 Å². The van der Waals surface area contributed by atoms with E-state index in [4.69, 9.17) is 5.11 Å². The van der Waals surface area contributed by atoms with Crippen LogP contribution in [0, 0.1) is 0 Å². The van der Waals surface area contributed by atoms with E-state index in [0.717, 1.165) is 19.3 Å². The highest BCUT2D eigenvalue weighted by Gasteiger charge is 2.30. The van der Waals surface area contributed by atoms with Crippen molar-refractivity contribution in [3.63, 3.8) is 0 Å². The Morgan fingerprint density at radius 3 is 2.89 bits per heavy atom. The number of amides is 1. The van der Waals surface area contributed by atoms with E-state index in [1.165, 1.54) is 18.2 Å². The minimum absolute atomic E-state index is 0.0349. The molecular formula is C14H19NO4. The molecule has 1 fully saturated rings. The minimum Gasteiger partial charge on any atom is -0.508 e. The predicted octanol–water partition coefficient (Wildman–Crippen LogP) is 1.47. The third-order valence-electron chi connectivity index (χ3n) is 3.54. The molecule has 1 aromatic carbocycles. The van der Waals surface area contributed by atoms with Crippen molar-refractivity contribution in [2.24, 2.45) is 0 Å². The molecule has 1 atom stereocenters. The highest BCUT2D eigenvalue weighted by molar-refractivity contribution is 5.97. The summed E-state index contributed by atoms with van der Waals surface area (Å²) in [5.74, 6) is -0.406. The van der Waals surface area contributed by atoms with Crippen LogP contribution in [0.25, 0.3) is 0 Å². The number of carbonyl (C=O) groups is 1. The summed E-state index contributed by atoms with van der Waals surface area (Å²) in [6.07, 6.45) is 3.29. The zero-order valence-corrected chi connectivity index (χ0v) is 10.7. The Morgan fingerprint density at radius 1 is 1.37 bits per heavy atom. The lowest BCUT2D eigenvalue weighted by Crippen LogP contribution is -2.35. The summed E-state index contributed by atoms with van der Waals surface area (Å²) in [6.45, 7) is 0.778. The molecule has 19 heavy (non-hydrogen) atoms. The molecule has 1 heterocycles. The zero-order valence-electron chi connectivity index (χ0n) is 10.7. The maximum Gasteiger partial charge on any atom is 0.257 e. The molecule has 1 unspecified atom stereocenters. The van der Waals surface area contributed by atoms with Gasteiger partial charge in [0.15, 0.2) is 0 Å². The Balaban J connectivity index is 2.16. The molecular weight excluding hydrogens is 246 g/mol. The molecule has 0 aromatic heterocycles. The summed E-state index contributed by atoms with van der Waals surface area (Å²) in [5, 5.41) is 28.0. The van der Waals surface area contributed by atoms with Gasteiger partial charge in [-0.15, -0.1) is 0 Å². The second kappa shape index (κ2) is 5.93. The van der Waals surface area contributed by atoms with Crippen molar-refractivity contribution in [2.45, 2.75) is 31.7 Å². The molecule has 5 nitrogen and oxygen atoms in total. The summed E-state index contributed by atoms with van der Waals surface area (Å²) < 4.78 is 0. The van der Waals surface area contributed by atoms with Gasteiger partial charge in [0.05, 0.1) is 5.56 Å². The van der Waals surface area contributed by atoms with Crippen LogP contribution in [-0.2, 0) is 0 Å². The molecule has 5 heteroatoms. The molecule has 0 aliphatic carbocycles. The Labute approximate surface area is 112 Å². The topological polar surface area (TPSA) is 81.0 Å². The van der Waals surface area contributed by atoms with Crippen molar-refractivity contribution >= 4 is 5.91 Å². The molecule has 1 amide bonds. The number of likely N-dealkylation sites (tertiary alicyclic amines) is 1. The predicted molar refractivity (Wildman–Crippen MR) is 70.1 cm³/mol. The van der Waals surface area contributed by atoms with Gasteiger partial charge < -0.3 is 20.2 Å². The molecule has 0 bridgehead atoms. The van der Waals surface area contributed by atoms with Crippen LogP contribution in [0.1, 0.15) is 36.0 Å². The number of aromatic hydroxyl groups is 2. The van der Waals surface area contributed by atoms with Crippen molar-refractivity contribution in [1.82, 2.24) is 4.90 Å². The van der Waals surface area contributed by atoms with Crippen LogP contribution in [0.3, 0.4) is 0 Å². The van der Waals surface area contributed by atoms with Gasteiger partial charge in [0.2, 0.25) is 0 Å². The fourth-order valence-electron chi connectivity index (χ4n) is 2.58. The van der Waals surface area contributed by atoms with E-state index in [0.29, 0.717) is 13.0 Å². The number of carbonyl (C=O) groups excluding carboxylic acids is 1. The normalized spacial score (nSPS) is 18.8. The number of aliphatic hydroxyl groups is 1. The van der Waals surface area contributed by atoms with Crippen LogP contribution in [-0.4, -0.2) is 45.3 Å². The van der Waals surface area contributed by atoms with E-state index in [-0.39, 0.29) is 35.6 Å². The Hall–Kier alpha value is -1.75. The lowest BCUT2D eigenvalue weighted by atomic mass is 10.1. The van der Waals surface area contributed by atoms with Gasteiger partial charge in [-0.1, -0.05) is 0 Å². The first-order valence-electron chi connectivity index (χ1n) is 6.57. The SMILES string of the molecule is O=C(c1cc(O)ccc1O)N1CCCC1CCCO. The summed E-state index contributed by atoms with van der Waals surface area (Å²) in [5.41, 5.74) is 0.135. The van der Waals surface area contributed by atoms with E-state index in [1.807, 2.05) is 0 Å². The fourth-order valence-corrected chi connectivity index (χ4v) is 2.58. The van der Waals surface area contributed by atoms with Gasteiger partial charge in [-0.25, -0.2) is 0 Å². The van der Waals surface area contributed by atoms with E-state index in [9.17, 15) is 15.0 Å². The number of aliphatic hydroxyl groups excluding tert-OH is 1. The Kier molecular flexibility index (Phi) is 4.27. The molecule has 1 aliphatic heterocycles. The van der Waals surface area contributed by atoms with Crippen LogP contribution in [0.15, 0.2) is 18.2 Å². The number of hydrogen-bond donors (Lipinski definition) is 3. The second-order valence-electron chi connectivity index (χ2n) is 4.86. The Morgan fingerprint density at radius 2 is 2.16 bits per heavy atom. The molecule has 104 valence electrons. The lowest BCUT2D eigenvalue weighted by molar-refractivity contribution is 0.0721. The number of rotatable bonds is 4. The molecule has 1 aliphatic rings. The van der Waals surface area contributed by atoms with Gasteiger partial charge in [0.25, 0.3) is 5.91 Å². The number of nitrogens with zero attached hydrogens (tertiary/aromatic N) is 1. The van der Waals surface area contributed by atoms with Crippen molar-refractivity contribution < 1.29 is 20.1 Å². The Bertz CT molecular complexity index is 461. The van der Waals surface area contributed by atoms with Gasteiger partial charge in [-0.2, -0.15) is 0 Å². The van der Waals surface area contributed by atoms with Crippen molar-refractivity contribution in [3.05, 3.63) is 23.8 Å². The monoisotopic (exact) mass is 265 g/mol. The van der Waals surface area contributed by atoms with Gasteiger partial charge in [0, 0.05) is 19.2 Å². The molecule has 0 spiro atoms. The summed E-state index contributed by atoms with van der Waals surface area (Å²) in [7, 11) is 0. The first kappa shape index (κ1) is 13.7. The molecule has 0 radical (unpaired) electrons. The molecule has 1 saturated heterocycles. The summed E-state index contributed by atoms with van der Waals surface area (Å²) >= 11 is 0. The van der Waals surface area contributed by atoms with Crippen molar-refractivity contribution in [2.75, 3.05) is 13.2 Å². The zero-order chi connectivity index (χ0) is 13.8. The number of benzene rings is 1.